The first-order valence-corrected chi connectivity index (χ1v) is 9.59. The van der Waals surface area contributed by atoms with E-state index in [1.54, 1.807) is 24.3 Å². The second kappa shape index (κ2) is 9.29. The van der Waals surface area contributed by atoms with Gasteiger partial charge in [-0.05, 0) is 61.3 Å². The number of likely N-dealkylation sites (tertiary alicyclic amines) is 1. The van der Waals surface area contributed by atoms with E-state index < -0.39 is 17.8 Å². The lowest BCUT2D eigenvalue weighted by Crippen LogP contribution is -2.40. The number of rotatable bonds is 6. The Kier molecular flexibility index (Phi) is 6.78. The van der Waals surface area contributed by atoms with Gasteiger partial charge in [0, 0.05) is 12.6 Å². The largest absolute Gasteiger partial charge is 0.491 e. The van der Waals surface area contributed by atoms with Gasteiger partial charge in [-0.15, -0.1) is 0 Å². The van der Waals surface area contributed by atoms with Crippen LogP contribution in [0.15, 0.2) is 48.5 Å². The number of aliphatic hydroxyl groups excluding tert-OH is 1. The van der Waals surface area contributed by atoms with Gasteiger partial charge in [-0.3, -0.25) is 4.90 Å². The first kappa shape index (κ1) is 21.2. The molecular weight excluding hydrogens is 381 g/mol. The molecule has 2 unspecified atom stereocenters. The summed E-state index contributed by atoms with van der Waals surface area (Å²) in [6.45, 7) is 1.25. The number of ether oxygens (including phenoxy) is 1. The molecule has 29 heavy (non-hydrogen) atoms. The number of nitrogens with zero attached hydrogens (tertiary/aromatic N) is 2. The summed E-state index contributed by atoms with van der Waals surface area (Å²) in [5, 5.41) is 19.2. The fraction of sp³-hybridized carbons (Fsp3) is 0.409. The molecule has 0 saturated carbocycles. The second-order valence-electron chi connectivity index (χ2n) is 7.23. The predicted molar refractivity (Wildman–Crippen MR) is 102 cm³/mol. The zero-order valence-electron chi connectivity index (χ0n) is 15.9. The van der Waals surface area contributed by atoms with E-state index in [1.165, 1.54) is 12.1 Å². The highest BCUT2D eigenvalue weighted by molar-refractivity contribution is 5.34. The SMILES string of the molecule is N#Cc1ccc(OCC(O)CN2CCCCC2c2ccc(C(F)(F)F)cc2)cc1. The van der Waals surface area contributed by atoms with Gasteiger partial charge in [0.15, 0.2) is 0 Å². The van der Waals surface area contributed by atoms with Crippen molar-refractivity contribution in [3.8, 4) is 11.8 Å². The van der Waals surface area contributed by atoms with E-state index in [0.717, 1.165) is 43.5 Å². The second-order valence-corrected chi connectivity index (χ2v) is 7.23. The summed E-state index contributed by atoms with van der Waals surface area (Å²) in [6, 6.07) is 14.0. The average molecular weight is 404 g/mol. The van der Waals surface area contributed by atoms with Crippen molar-refractivity contribution in [2.75, 3.05) is 19.7 Å². The molecule has 1 fully saturated rings. The maximum Gasteiger partial charge on any atom is 0.416 e. The highest BCUT2D eigenvalue weighted by atomic mass is 19.4. The summed E-state index contributed by atoms with van der Waals surface area (Å²) in [5.41, 5.74) is 0.711. The lowest BCUT2D eigenvalue weighted by molar-refractivity contribution is -0.137. The van der Waals surface area contributed by atoms with E-state index in [4.69, 9.17) is 10.00 Å². The highest BCUT2D eigenvalue weighted by Gasteiger charge is 2.31. The zero-order valence-corrected chi connectivity index (χ0v) is 15.9. The molecule has 0 aromatic heterocycles. The summed E-state index contributed by atoms with van der Waals surface area (Å²) in [6.07, 6.45) is -2.25. The minimum atomic E-state index is -4.34. The van der Waals surface area contributed by atoms with Gasteiger partial charge in [0.05, 0.1) is 17.2 Å². The Morgan fingerprint density at radius 1 is 1.10 bits per heavy atom. The molecule has 0 spiro atoms. The van der Waals surface area contributed by atoms with Gasteiger partial charge >= 0.3 is 6.18 Å². The van der Waals surface area contributed by atoms with Gasteiger partial charge in [-0.1, -0.05) is 18.6 Å². The van der Waals surface area contributed by atoms with Crippen molar-refractivity contribution in [1.29, 1.82) is 5.26 Å². The normalized spacial score (nSPS) is 18.8. The van der Waals surface area contributed by atoms with Crippen LogP contribution in [0.2, 0.25) is 0 Å². The third kappa shape index (κ3) is 5.72. The van der Waals surface area contributed by atoms with Gasteiger partial charge < -0.3 is 9.84 Å². The molecule has 0 bridgehead atoms. The van der Waals surface area contributed by atoms with Crippen molar-refractivity contribution in [2.45, 2.75) is 37.6 Å². The molecule has 3 rings (SSSR count). The number of aliphatic hydroxyl groups is 1. The van der Waals surface area contributed by atoms with E-state index in [9.17, 15) is 18.3 Å². The van der Waals surface area contributed by atoms with Crippen LogP contribution in [0.4, 0.5) is 13.2 Å². The number of benzene rings is 2. The monoisotopic (exact) mass is 404 g/mol. The molecule has 0 radical (unpaired) electrons. The van der Waals surface area contributed by atoms with Crippen LogP contribution in [0.5, 0.6) is 5.75 Å². The predicted octanol–water partition coefficient (Wildman–Crippen LogP) is 4.54. The van der Waals surface area contributed by atoms with Crippen LogP contribution in [0.1, 0.15) is 42.0 Å². The number of halogens is 3. The number of alkyl halides is 3. The molecule has 2 atom stereocenters. The Bertz CT molecular complexity index is 829. The Labute approximate surface area is 168 Å². The maximum absolute atomic E-state index is 12.8. The Balaban J connectivity index is 1.59. The zero-order chi connectivity index (χ0) is 20.9. The minimum absolute atomic E-state index is 0.0180. The number of β-amino-alcohol motifs (C(OH)–C–C–N with tert-alkyl or cyclic N) is 1. The fourth-order valence-corrected chi connectivity index (χ4v) is 3.62. The summed E-state index contributed by atoms with van der Waals surface area (Å²) in [4.78, 5) is 2.11. The number of nitriles is 1. The van der Waals surface area contributed by atoms with Crippen LogP contribution < -0.4 is 4.74 Å². The first-order chi connectivity index (χ1) is 13.9. The van der Waals surface area contributed by atoms with Gasteiger partial charge in [0.1, 0.15) is 18.5 Å². The van der Waals surface area contributed by atoms with Crippen molar-refractivity contribution in [1.82, 2.24) is 4.90 Å². The molecule has 1 saturated heterocycles. The van der Waals surface area contributed by atoms with Crippen LogP contribution in [-0.4, -0.2) is 35.8 Å². The summed E-state index contributed by atoms with van der Waals surface area (Å²) in [7, 11) is 0. The van der Waals surface area contributed by atoms with E-state index >= 15 is 0 Å². The van der Waals surface area contributed by atoms with E-state index in [0.29, 0.717) is 17.9 Å². The lowest BCUT2D eigenvalue weighted by atomic mass is 9.94. The summed E-state index contributed by atoms with van der Waals surface area (Å²) >= 11 is 0. The van der Waals surface area contributed by atoms with E-state index in [1.807, 2.05) is 6.07 Å². The van der Waals surface area contributed by atoms with Crippen LogP contribution in [0.3, 0.4) is 0 Å². The van der Waals surface area contributed by atoms with Crippen molar-refractivity contribution in [2.24, 2.45) is 0 Å². The smallest absolute Gasteiger partial charge is 0.416 e. The minimum Gasteiger partial charge on any atom is -0.491 e. The number of hydrogen-bond donors (Lipinski definition) is 1. The average Bonchev–Trinajstić information content (AvgIpc) is 2.72. The highest BCUT2D eigenvalue weighted by Crippen LogP contribution is 2.34. The molecule has 1 aliphatic heterocycles. The third-order valence-corrected chi connectivity index (χ3v) is 5.11. The molecule has 0 aliphatic carbocycles. The summed E-state index contributed by atoms with van der Waals surface area (Å²) in [5.74, 6) is 0.570. The van der Waals surface area contributed by atoms with Crippen LogP contribution in [0, 0.1) is 11.3 Å². The van der Waals surface area contributed by atoms with Crippen molar-refractivity contribution in [3.63, 3.8) is 0 Å². The van der Waals surface area contributed by atoms with Gasteiger partial charge in [-0.2, -0.15) is 18.4 Å². The standard InChI is InChI=1S/C22H23F3N2O2/c23-22(24,25)18-8-6-17(7-9-18)21-3-1-2-12-27(21)14-19(28)15-29-20-10-4-16(13-26)5-11-20/h4-11,19,21,28H,1-3,12,14-15H2. The quantitative estimate of drug-likeness (QED) is 0.768. The molecule has 1 N–H and O–H groups in total. The molecule has 154 valence electrons. The first-order valence-electron chi connectivity index (χ1n) is 9.59. The molecule has 2 aromatic rings. The van der Waals surface area contributed by atoms with Gasteiger partial charge in [-0.25, -0.2) is 0 Å². The molecule has 7 heteroatoms. The van der Waals surface area contributed by atoms with E-state index in [-0.39, 0.29) is 12.6 Å². The number of piperidine rings is 1. The van der Waals surface area contributed by atoms with Crippen molar-refractivity contribution >= 4 is 0 Å². The van der Waals surface area contributed by atoms with E-state index in [2.05, 4.69) is 4.90 Å². The fourth-order valence-electron chi connectivity index (χ4n) is 3.62. The Morgan fingerprint density at radius 3 is 2.41 bits per heavy atom. The van der Waals surface area contributed by atoms with Crippen molar-refractivity contribution in [3.05, 3.63) is 65.2 Å². The third-order valence-electron chi connectivity index (χ3n) is 5.11. The van der Waals surface area contributed by atoms with Crippen molar-refractivity contribution < 1.29 is 23.0 Å². The molecule has 0 amide bonds. The Hall–Kier alpha value is -2.56. The van der Waals surface area contributed by atoms with Gasteiger partial charge in [0.25, 0.3) is 0 Å². The van der Waals surface area contributed by atoms with Crippen LogP contribution >= 0.6 is 0 Å². The topological polar surface area (TPSA) is 56.5 Å². The lowest BCUT2D eigenvalue weighted by Gasteiger charge is -2.37. The number of hydrogen-bond acceptors (Lipinski definition) is 4. The maximum atomic E-state index is 12.8. The Morgan fingerprint density at radius 2 is 1.79 bits per heavy atom. The summed E-state index contributed by atoms with van der Waals surface area (Å²) < 4.78 is 44.0. The molecule has 4 nitrogen and oxygen atoms in total. The van der Waals surface area contributed by atoms with Gasteiger partial charge in [0.2, 0.25) is 0 Å². The van der Waals surface area contributed by atoms with Crippen LogP contribution in [-0.2, 0) is 6.18 Å². The molecular formula is C22H23F3N2O2. The molecule has 1 aliphatic rings. The molecule has 1 heterocycles. The molecule has 2 aromatic carbocycles. The van der Waals surface area contributed by atoms with Crippen LogP contribution in [0.25, 0.3) is 0 Å².